The number of urea groups is 1. The Bertz CT molecular complexity index is 536. The lowest BCUT2D eigenvalue weighted by Gasteiger charge is -2.25. The van der Waals surface area contributed by atoms with Gasteiger partial charge in [0.25, 0.3) is 0 Å². The maximum atomic E-state index is 11.9. The fourth-order valence-corrected chi connectivity index (χ4v) is 1.62. The van der Waals surface area contributed by atoms with Crippen molar-refractivity contribution in [2.24, 2.45) is 0 Å². The molecule has 0 saturated heterocycles. The summed E-state index contributed by atoms with van der Waals surface area (Å²) >= 11 is 0. The standard InChI is InChI=1S/C14H18N4O2/c1-4-16-14(20)17-13(19)10(2)18(3)12-7-5-6-11(8-12)9-15/h5-8,10H,4H2,1-3H3,(H2,16,17,19,20). The second-order valence-electron chi connectivity index (χ2n) is 4.30. The van der Waals surface area contributed by atoms with Crippen LogP contribution in [0.5, 0.6) is 0 Å². The highest BCUT2D eigenvalue weighted by atomic mass is 16.2. The molecule has 2 N–H and O–H groups in total. The van der Waals surface area contributed by atoms with Gasteiger partial charge in [-0.1, -0.05) is 6.07 Å². The van der Waals surface area contributed by atoms with Crippen molar-refractivity contribution >= 4 is 17.6 Å². The van der Waals surface area contributed by atoms with Gasteiger partial charge in [0.1, 0.15) is 6.04 Å². The van der Waals surface area contributed by atoms with Crippen LogP contribution >= 0.6 is 0 Å². The molecular weight excluding hydrogens is 256 g/mol. The van der Waals surface area contributed by atoms with E-state index in [9.17, 15) is 9.59 Å². The van der Waals surface area contributed by atoms with Crippen molar-refractivity contribution in [2.75, 3.05) is 18.5 Å². The molecular formula is C14H18N4O2. The largest absolute Gasteiger partial charge is 0.363 e. The second-order valence-corrected chi connectivity index (χ2v) is 4.30. The highest BCUT2D eigenvalue weighted by Crippen LogP contribution is 2.16. The molecule has 0 aliphatic heterocycles. The minimum Gasteiger partial charge on any atom is -0.363 e. The van der Waals surface area contributed by atoms with Gasteiger partial charge in [-0.2, -0.15) is 5.26 Å². The first-order chi connectivity index (χ1) is 9.49. The number of anilines is 1. The first-order valence-corrected chi connectivity index (χ1v) is 6.31. The summed E-state index contributed by atoms with van der Waals surface area (Å²) in [5.41, 5.74) is 1.26. The Morgan fingerprint density at radius 1 is 1.45 bits per heavy atom. The number of carbonyl (C=O) groups excluding carboxylic acids is 2. The average Bonchev–Trinajstić information content (AvgIpc) is 2.45. The molecule has 0 aliphatic carbocycles. The van der Waals surface area contributed by atoms with E-state index in [0.717, 1.165) is 5.69 Å². The van der Waals surface area contributed by atoms with E-state index in [0.29, 0.717) is 12.1 Å². The van der Waals surface area contributed by atoms with E-state index in [1.807, 2.05) is 6.07 Å². The number of likely N-dealkylation sites (N-methyl/N-ethyl adjacent to an activating group) is 1. The SMILES string of the molecule is CCNC(=O)NC(=O)C(C)N(C)c1cccc(C#N)c1. The Morgan fingerprint density at radius 2 is 2.15 bits per heavy atom. The lowest BCUT2D eigenvalue weighted by Crippen LogP contribution is -2.48. The molecule has 1 aromatic rings. The smallest absolute Gasteiger partial charge is 0.321 e. The first kappa shape index (κ1) is 15.5. The normalized spacial score (nSPS) is 11.1. The van der Waals surface area contributed by atoms with E-state index in [4.69, 9.17) is 5.26 Å². The van der Waals surface area contributed by atoms with E-state index in [-0.39, 0.29) is 0 Å². The lowest BCUT2D eigenvalue weighted by molar-refractivity contribution is -0.120. The number of nitriles is 1. The molecule has 3 amide bonds. The molecule has 0 aromatic heterocycles. The van der Waals surface area contributed by atoms with Crippen molar-refractivity contribution in [1.29, 1.82) is 5.26 Å². The third kappa shape index (κ3) is 3.99. The summed E-state index contributed by atoms with van der Waals surface area (Å²) in [4.78, 5) is 24.9. The van der Waals surface area contributed by atoms with Crippen LogP contribution < -0.4 is 15.5 Å². The van der Waals surface area contributed by atoms with Crippen molar-refractivity contribution in [1.82, 2.24) is 10.6 Å². The van der Waals surface area contributed by atoms with E-state index in [1.165, 1.54) is 0 Å². The van der Waals surface area contributed by atoms with Gasteiger partial charge in [0.2, 0.25) is 5.91 Å². The average molecular weight is 274 g/mol. The van der Waals surface area contributed by atoms with Gasteiger partial charge >= 0.3 is 6.03 Å². The molecule has 1 rings (SSSR count). The third-order valence-corrected chi connectivity index (χ3v) is 2.92. The summed E-state index contributed by atoms with van der Waals surface area (Å²) in [6.07, 6.45) is 0. The summed E-state index contributed by atoms with van der Waals surface area (Å²) in [6, 6.07) is 7.93. The van der Waals surface area contributed by atoms with Crippen LogP contribution in [0, 0.1) is 11.3 Å². The zero-order valence-corrected chi connectivity index (χ0v) is 11.8. The molecule has 106 valence electrons. The van der Waals surface area contributed by atoms with Gasteiger partial charge in [-0.05, 0) is 32.0 Å². The molecule has 20 heavy (non-hydrogen) atoms. The number of rotatable bonds is 4. The molecule has 0 heterocycles. The molecule has 1 unspecified atom stereocenters. The fraction of sp³-hybridized carbons (Fsp3) is 0.357. The third-order valence-electron chi connectivity index (χ3n) is 2.92. The van der Waals surface area contributed by atoms with Gasteiger partial charge in [-0.25, -0.2) is 4.79 Å². The van der Waals surface area contributed by atoms with Gasteiger partial charge in [0.05, 0.1) is 11.6 Å². The molecule has 0 saturated carbocycles. The van der Waals surface area contributed by atoms with Crippen LogP contribution in [-0.4, -0.2) is 31.6 Å². The van der Waals surface area contributed by atoms with Crippen LogP contribution in [-0.2, 0) is 4.79 Å². The number of imide groups is 1. The van der Waals surface area contributed by atoms with Gasteiger partial charge in [-0.3, -0.25) is 10.1 Å². The van der Waals surface area contributed by atoms with E-state index in [2.05, 4.69) is 10.6 Å². The van der Waals surface area contributed by atoms with Crippen molar-refractivity contribution in [2.45, 2.75) is 19.9 Å². The molecule has 0 aliphatic rings. The van der Waals surface area contributed by atoms with E-state index >= 15 is 0 Å². The predicted molar refractivity (Wildman–Crippen MR) is 76.2 cm³/mol. The zero-order valence-electron chi connectivity index (χ0n) is 11.8. The second kappa shape index (κ2) is 7.14. The molecule has 1 atom stereocenters. The van der Waals surface area contributed by atoms with Gasteiger partial charge in [0.15, 0.2) is 0 Å². The Kier molecular flexibility index (Phi) is 5.54. The van der Waals surface area contributed by atoms with Crippen molar-refractivity contribution < 1.29 is 9.59 Å². The number of carbonyl (C=O) groups is 2. The summed E-state index contributed by atoms with van der Waals surface area (Å²) in [6.45, 7) is 3.91. The Balaban J connectivity index is 2.75. The first-order valence-electron chi connectivity index (χ1n) is 6.31. The predicted octanol–water partition coefficient (Wildman–Crippen LogP) is 1.23. The molecule has 6 nitrogen and oxygen atoms in total. The fourth-order valence-electron chi connectivity index (χ4n) is 1.62. The zero-order chi connectivity index (χ0) is 15.1. The highest BCUT2D eigenvalue weighted by Gasteiger charge is 2.20. The topological polar surface area (TPSA) is 85.2 Å². The molecule has 0 radical (unpaired) electrons. The Hall–Kier alpha value is -2.55. The summed E-state index contributed by atoms with van der Waals surface area (Å²) in [5, 5.41) is 13.6. The molecule has 0 spiro atoms. The van der Waals surface area contributed by atoms with Crippen LogP contribution in [0.25, 0.3) is 0 Å². The summed E-state index contributed by atoms with van der Waals surface area (Å²) in [5.74, 6) is -0.402. The summed E-state index contributed by atoms with van der Waals surface area (Å²) < 4.78 is 0. The minimum absolute atomic E-state index is 0.402. The van der Waals surface area contributed by atoms with Crippen LogP contribution in [0.2, 0.25) is 0 Å². The number of amides is 3. The Labute approximate surface area is 118 Å². The van der Waals surface area contributed by atoms with Crippen LogP contribution in [0.1, 0.15) is 19.4 Å². The van der Waals surface area contributed by atoms with Crippen molar-refractivity contribution in [3.63, 3.8) is 0 Å². The molecule has 0 bridgehead atoms. The quantitative estimate of drug-likeness (QED) is 0.864. The van der Waals surface area contributed by atoms with Gasteiger partial charge < -0.3 is 10.2 Å². The number of nitrogens with zero attached hydrogens (tertiary/aromatic N) is 2. The van der Waals surface area contributed by atoms with E-state index < -0.39 is 18.0 Å². The van der Waals surface area contributed by atoms with E-state index in [1.54, 1.807) is 50.1 Å². The monoisotopic (exact) mass is 274 g/mol. The number of benzene rings is 1. The molecule has 1 aromatic carbocycles. The van der Waals surface area contributed by atoms with Crippen LogP contribution in [0.4, 0.5) is 10.5 Å². The molecule has 0 fully saturated rings. The number of hydrogen-bond donors (Lipinski definition) is 2. The molecule has 6 heteroatoms. The van der Waals surface area contributed by atoms with Crippen molar-refractivity contribution in [3.8, 4) is 6.07 Å². The highest BCUT2D eigenvalue weighted by molar-refractivity contribution is 5.98. The number of hydrogen-bond acceptors (Lipinski definition) is 4. The minimum atomic E-state index is -0.536. The summed E-state index contributed by atoms with van der Waals surface area (Å²) in [7, 11) is 1.73. The maximum absolute atomic E-state index is 11.9. The van der Waals surface area contributed by atoms with Crippen molar-refractivity contribution in [3.05, 3.63) is 29.8 Å². The maximum Gasteiger partial charge on any atom is 0.321 e. The Morgan fingerprint density at radius 3 is 2.75 bits per heavy atom. The van der Waals surface area contributed by atoms with Gasteiger partial charge in [-0.15, -0.1) is 0 Å². The number of nitrogens with one attached hydrogen (secondary N) is 2. The van der Waals surface area contributed by atoms with Gasteiger partial charge in [0, 0.05) is 19.3 Å². The van der Waals surface area contributed by atoms with Crippen LogP contribution in [0.3, 0.4) is 0 Å². The lowest BCUT2D eigenvalue weighted by atomic mass is 10.1. The van der Waals surface area contributed by atoms with Crippen LogP contribution in [0.15, 0.2) is 24.3 Å².